The molecule has 7 heavy (non-hydrogen) atoms. The first kappa shape index (κ1) is 8.22. The zero-order valence-electron chi connectivity index (χ0n) is 4.78. The molecule has 0 aliphatic rings. The van der Waals surface area contributed by atoms with Gasteiger partial charge in [0.2, 0.25) is 0 Å². The molecule has 0 heterocycles. The molecule has 1 atom stereocenters. The van der Waals surface area contributed by atoms with E-state index in [-0.39, 0.29) is 11.9 Å². The van der Waals surface area contributed by atoms with Crippen LogP contribution in [0.2, 0.25) is 0 Å². The van der Waals surface area contributed by atoms with E-state index in [9.17, 15) is 0 Å². The predicted octanol–water partition coefficient (Wildman–Crippen LogP) is 1.16. The summed E-state index contributed by atoms with van der Waals surface area (Å²) in [6, 6.07) is 0. The molecule has 0 spiro atoms. The minimum Gasteiger partial charge on any atom is -0.393 e. The zero-order valence-corrected chi connectivity index (χ0v) is 8.35. The van der Waals surface area contributed by atoms with Gasteiger partial charge >= 0.3 is 11.9 Å². The Morgan fingerprint density at radius 2 is 2.43 bits per heavy atom. The minimum atomic E-state index is 0.0752. The molecule has 0 bridgehead atoms. The van der Waals surface area contributed by atoms with Crippen molar-refractivity contribution in [2.45, 2.75) is 18.8 Å². The number of hydrogen-bond acceptors (Lipinski definition) is 1. The summed E-state index contributed by atoms with van der Waals surface area (Å²) in [5.74, 6) is 0. The van der Waals surface area contributed by atoms with Gasteiger partial charge in [0.1, 0.15) is 0 Å². The van der Waals surface area contributed by atoms with Crippen LogP contribution in [0, 0.1) is 0 Å². The SMILES string of the molecule is CCO[CH](C)[AlH][I]. The topological polar surface area (TPSA) is 9.23 Å². The van der Waals surface area contributed by atoms with Crippen molar-refractivity contribution in [2.75, 3.05) is 6.61 Å². The van der Waals surface area contributed by atoms with Gasteiger partial charge in [-0.25, -0.2) is 20.3 Å². The lowest BCUT2D eigenvalue weighted by atomic mass is 10.8. The molecule has 3 heteroatoms. The second-order valence-electron chi connectivity index (χ2n) is 1.42. The van der Waals surface area contributed by atoms with Crippen molar-refractivity contribution in [3.8, 4) is 0 Å². The Labute approximate surface area is 62.2 Å². The second-order valence-corrected chi connectivity index (χ2v) is 5.52. The molecule has 0 fully saturated rings. The number of hydrogen-bond donors (Lipinski definition) is 0. The number of rotatable bonds is 3. The smallest absolute Gasteiger partial charge is 0.375 e. The van der Waals surface area contributed by atoms with E-state index in [1.165, 1.54) is 0 Å². The monoisotopic (exact) mass is 228 g/mol. The molecule has 0 aromatic carbocycles. The van der Waals surface area contributed by atoms with Crippen LogP contribution in [0.25, 0.3) is 0 Å². The third kappa shape index (κ3) is 5.09. The fraction of sp³-hybridized carbons (Fsp3) is 1.00. The van der Waals surface area contributed by atoms with E-state index >= 15 is 0 Å². The third-order valence-corrected chi connectivity index (χ3v) is 5.06. The summed E-state index contributed by atoms with van der Waals surface area (Å²) in [6.45, 7) is 5.05. The Balaban J connectivity index is 2.83. The molecule has 0 saturated carbocycles. The summed E-state index contributed by atoms with van der Waals surface area (Å²) in [5.41, 5.74) is 0. The van der Waals surface area contributed by atoms with Gasteiger partial charge in [-0.2, -0.15) is 0 Å². The fourth-order valence-electron chi connectivity index (χ4n) is 0.329. The van der Waals surface area contributed by atoms with E-state index in [4.69, 9.17) is 4.74 Å². The van der Waals surface area contributed by atoms with Gasteiger partial charge in [-0.1, -0.05) is 6.92 Å². The van der Waals surface area contributed by atoms with Crippen molar-refractivity contribution in [2.24, 2.45) is 0 Å². The highest BCUT2D eigenvalue weighted by molar-refractivity contribution is 14.1. The van der Waals surface area contributed by atoms with Crippen LogP contribution in [0.15, 0.2) is 0 Å². The maximum absolute atomic E-state index is 5.25. The first-order valence-corrected chi connectivity index (χ1v) is 8.41. The summed E-state index contributed by atoms with van der Waals surface area (Å²) >= 11 is 2.53. The highest BCUT2D eigenvalue weighted by Gasteiger charge is 1.98. The molecular formula is C4H10AlIO. The van der Waals surface area contributed by atoms with Crippen LogP contribution in [0.5, 0.6) is 0 Å². The van der Waals surface area contributed by atoms with E-state index in [2.05, 4.69) is 27.2 Å². The quantitative estimate of drug-likeness (QED) is 0.520. The Kier molecular flexibility index (Phi) is 6.30. The first-order chi connectivity index (χ1) is 3.31. The highest BCUT2D eigenvalue weighted by Crippen LogP contribution is 1.90. The van der Waals surface area contributed by atoms with E-state index < -0.39 is 0 Å². The molecular weight excluding hydrogens is 218 g/mol. The lowest BCUT2D eigenvalue weighted by Gasteiger charge is -2.03. The molecule has 0 aromatic heterocycles. The largest absolute Gasteiger partial charge is 0.393 e. The third-order valence-electron chi connectivity index (χ3n) is 0.668. The van der Waals surface area contributed by atoms with Gasteiger partial charge in [0, 0.05) is 11.6 Å². The maximum Gasteiger partial charge on any atom is 0.375 e. The molecule has 0 rings (SSSR count). The molecule has 1 nitrogen and oxygen atoms in total. The summed E-state index contributed by atoms with van der Waals surface area (Å²) in [6.07, 6.45) is 0. The van der Waals surface area contributed by atoms with Gasteiger partial charge in [0.15, 0.2) is 0 Å². The van der Waals surface area contributed by atoms with Crippen LogP contribution in [0.3, 0.4) is 0 Å². The van der Waals surface area contributed by atoms with Crippen molar-refractivity contribution in [3.63, 3.8) is 0 Å². The van der Waals surface area contributed by atoms with Crippen LogP contribution < -0.4 is 0 Å². The molecule has 0 radical (unpaired) electrons. The van der Waals surface area contributed by atoms with Crippen molar-refractivity contribution in [1.82, 2.24) is 0 Å². The average Bonchev–Trinajstić information content (AvgIpc) is 1.68. The van der Waals surface area contributed by atoms with Gasteiger partial charge in [-0.05, 0) is 6.92 Å². The lowest BCUT2D eigenvalue weighted by molar-refractivity contribution is 0.131. The fourth-order valence-corrected chi connectivity index (χ4v) is 1.42. The molecule has 0 aliphatic carbocycles. The maximum atomic E-state index is 5.25. The first-order valence-electron chi connectivity index (χ1n) is 2.48. The Hall–Kier alpha value is 1.22. The molecule has 0 N–H and O–H groups in total. The summed E-state index contributed by atoms with van der Waals surface area (Å²) in [5, 5.41) is 0. The van der Waals surface area contributed by atoms with Gasteiger partial charge in [0.25, 0.3) is 0 Å². The lowest BCUT2D eigenvalue weighted by Crippen LogP contribution is -2.11. The van der Waals surface area contributed by atoms with Gasteiger partial charge in [0.05, 0.1) is 0 Å². The van der Waals surface area contributed by atoms with Crippen LogP contribution in [-0.4, -0.2) is 23.5 Å². The normalized spacial score (nSPS) is 13.6. The van der Waals surface area contributed by atoms with Gasteiger partial charge in [-0.15, -0.1) is 0 Å². The van der Waals surface area contributed by atoms with Crippen molar-refractivity contribution < 1.29 is 4.74 Å². The van der Waals surface area contributed by atoms with Gasteiger partial charge < -0.3 is 4.74 Å². The molecule has 0 saturated heterocycles. The van der Waals surface area contributed by atoms with E-state index in [0.29, 0.717) is 4.97 Å². The van der Waals surface area contributed by atoms with Crippen LogP contribution >= 0.6 is 20.3 Å². The predicted molar refractivity (Wildman–Crippen MR) is 42.3 cm³/mol. The van der Waals surface area contributed by atoms with Crippen molar-refractivity contribution in [3.05, 3.63) is 0 Å². The van der Waals surface area contributed by atoms with Crippen molar-refractivity contribution in [1.29, 1.82) is 0 Å². The number of ether oxygens (including phenoxy) is 1. The Morgan fingerprint density at radius 3 is 2.57 bits per heavy atom. The van der Waals surface area contributed by atoms with E-state index in [1.54, 1.807) is 0 Å². The minimum absolute atomic E-state index is 0.0752. The summed E-state index contributed by atoms with van der Waals surface area (Å²) < 4.78 is 5.25. The molecule has 0 aliphatic heterocycles. The number of halogens is 1. The van der Waals surface area contributed by atoms with Crippen LogP contribution in [0.1, 0.15) is 13.8 Å². The standard InChI is InChI=1S/C4H9O.Al.HI.H/c1-3-5-4-2;;;/h3H,4H2,1-2H3;;1H;/q;+1;;/p-1. The molecule has 1 unspecified atom stereocenters. The van der Waals surface area contributed by atoms with E-state index in [0.717, 1.165) is 6.61 Å². The summed E-state index contributed by atoms with van der Waals surface area (Å²) in [4.78, 5) is 0.575. The highest BCUT2D eigenvalue weighted by atomic mass is 127. The van der Waals surface area contributed by atoms with Crippen LogP contribution in [0.4, 0.5) is 0 Å². The van der Waals surface area contributed by atoms with E-state index in [1.807, 2.05) is 6.92 Å². The zero-order chi connectivity index (χ0) is 5.70. The van der Waals surface area contributed by atoms with Crippen LogP contribution in [-0.2, 0) is 4.74 Å². The Bertz CT molecular complexity index is 42.7. The molecule has 0 aromatic rings. The van der Waals surface area contributed by atoms with Crippen molar-refractivity contribution >= 4 is 32.2 Å². The average molecular weight is 228 g/mol. The molecule has 0 amide bonds. The Morgan fingerprint density at radius 1 is 1.86 bits per heavy atom. The molecule has 42 valence electrons. The summed E-state index contributed by atoms with van der Waals surface area (Å²) in [7, 11) is 0. The second kappa shape index (κ2) is 5.36. The van der Waals surface area contributed by atoms with Gasteiger partial charge in [-0.3, -0.25) is 0 Å².